The van der Waals surface area contributed by atoms with E-state index in [1.54, 1.807) is 11.3 Å². The summed E-state index contributed by atoms with van der Waals surface area (Å²) in [7, 11) is 0. The second-order valence-corrected chi connectivity index (χ2v) is 9.49. The summed E-state index contributed by atoms with van der Waals surface area (Å²) in [4.78, 5) is 16.9. The van der Waals surface area contributed by atoms with E-state index >= 15 is 0 Å². The second-order valence-electron chi connectivity index (χ2n) is 8.43. The largest absolute Gasteiger partial charge is 0.346 e. The molecule has 1 aliphatic heterocycles. The molecule has 5 rings (SSSR count). The summed E-state index contributed by atoms with van der Waals surface area (Å²) >= 11 is 1.80. The summed E-state index contributed by atoms with van der Waals surface area (Å²) in [6.07, 6.45) is 4.15. The van der Waals surface area contributed by atoms with Gasteiger partial charge in [0.15, 0.2) is 5.65 Å². The predicted octanol–water partition coefficient (Wildman–Crippen LogP) is 4.84. The molecule has 6 nitrogen and oxygen atoms in total. The number of rotatable bonds is 2. The number of hydrogen-bond acceptors (Lipinski definition) is 6. The van der Waals surface area contributed by atoms with E-state index in [4.69, 9.17) is 15.0 Å². The Labute approximate surface area is 168 Å². The fourth-order valence-corrected chi connectivity index (χ4v) is 5.13. The van der Waals surface area contributed by atoms with Crippen LogP contribution >= 0.6 is 11.3 Å². The van der Waals surface area contributed by atoms with E-state index in [1.165, 1.54) is 9.71 Å². The third kappa shape index (κ3) is 2.76. The van der Waals surface area contributed by atoms with Crippen LogP contribution in [0.5, 0.6) is 0 Å². The Kier molecular flexibility index (Phi) is 3.91. The summed E-state index contributed by atoms with van der Waals surface area (Å²) < 4.78 is 3.25. The van der Waals surface area contributed by atoms with Crippen LogP contribution in [0.25, 0.3) is 21.3 Å². The van der Waals surface area contributed by atoms with Crippen LogP contribution in [0, 0.1) is 6.92 Å². The number of benzene rings is 1. The smallest absolute Gasteiger partial charge is 0.164 e. The quantitative estimate of drug-likeness (QED) is 0.488. The van der Waals surface area contributed by atoms with E-state index in [9.17, 15) is 0 Å². The minimum Gasteiger partial charge on any atom is -0.346 e. The highest BCUT2D eigenvalue weighted by Gasteiger charge is 2.32. The molecule has 144 valence electrons. The number of thiazole rings is 1. The molecule has 3 aromatic heterocycles. The first-order valence-corrected chi connectivity index (χ1v) is 10.6. The van der Waals surface area contributed by atoms with Gasteiger partial charge >= 0.3 is 0 Å². The van der Waals surface area contributed by atoms with Gasteiger partial charge < -0.3 is 4.90 Å². The summed E-state index contributed by atoms with van der Waals surface area (Å²) in [5.41, 5.74) is 1.86. The van der Waals surface area contributed by atoms with Gasteiger partial charge in [-0.05, 0) is 52.7 Å². The van der Waals surface area contributed by atoms with Crippen molar-refractivity contribution in [2.45, 2.75) is 52.1 Å². The van der Waals surface area contributed by atoms with E-state index in [2.05, 4.69) is 55.0 Å². The van der Waals surface area contributed by atoms with E-state index in [1.807, 2.05) is 17.8 Å². The summed E-state index contributed by atoms with van der Waals surface area (Å²) in [6, 6.07) is 8.63. The Morgan fingerprint density at radius 1 is 1.11 bits per heavy atom. The van der Waals surface area contributed by atoms with Crippen LogP contribution in [-0.2, 0) is 5.54 Å². The molecule has 1 aromatic carbocycles. The Hall–Kier alpha value is -2.54. The van der Waals surface area contributed by atoms with Crippen LogP contribution < -0.4 is 4.90 Å². The number of aryl methyl sites for hydroxylation is 1. The maximum Gasteiger partial charge on any atom is 0.164 e. The van der Waals surface area contributed by atoms with Crippen molar-refractivity contribution in [3.05, 3.63) is 41.3 Å². The van der Waals surface area contributed by atoms with Crippen LogP contribution in [0.4, 0.5) is 5.82 Å². The highest BCUT2D eigenvalue weighted by Crippen LogP contribution is 2.40. The van der Waals surface area contributed by atoms with E-state index < -0.39 is 0 Å². The number of nitrogens with zero attached hydrogens (tertiary/aromatic N) is 6. The monoisotopic (exact) mass is 392 g/mol. The van der Waals surface area contributed by atoms with Crippen molar-refractivity contribution in [1.82, 2.24) is 24.7 Å². The first-order valence-electron chi connectivity index (χ1n) is 9.77. The highest BCUT2D eigenvalue weighted by atomic mass is 32.1. The van der Waals surface area contributed by atoms with Crippen LogP contribution in [-0.4, -0.2) is 31.3 Å². The third-order valence-corrected chi connectivity index (χ3v) is 6.41. The minimum atomic E-state index is -0.128. The molecule has 0 radical (unpaired) electrons. The third-order valence-electron chi connectivity index (χ3n) is 5.28. The predicted molar refractivity (Wildman–Crippen MR) is 114 cm³/mol. The highest BCUT2D eigenvalue weighted by molar-refractivity contribution is 7.18. The molecule has 1 fully saturated rings. The number of aromatic nitrogens is 5. The van der Waals surface area contributed by atoms with Crippen LogP contribution in [0.15, 0.2) is 30.5 Å². The molecular formula is C21H24N6S. The lowest BCUT2D eigenvalue weighted by Crippen LogP contribution is -2.25. The zero-order chi connectivity index (χ0) is 19.5. The van der Waals surface area contributed by atoms with Crippen molar-refractivity contribution in [2.75, 3.05) is 11.4 Å². The normalized spacial score (nSPS) is 17.9. The van der Waals surface area contributed by atoms with Crippen molar-refractivity contribution in [2.24, 2.45) is 0 Å². The van der Waals surface area contributed by atoms with Crippen molar-refractivity contribution in [1.29, 1.82) is 0 Å². The first-order chi connectivity index (χ1) is 13.4. The molecule has 1 atom stereocenters. The molecule has 0 bridgehead atoms. The van der Waals surface area contributed by atoms with Gasteiger partial charge in [-0.1, -0.05) is 12.1 Å². The molecule has 0 spiro atoms. The lowest BCUT2D eigenvalue weighted by molar-refractivity contribution is 0.365. The fourth-order valence-electron chi connectivity index (χ4n) is 4.02. The van der Waals surface area contributed by atoms with Crippen molar-refractivity contribution >= 4 is 38.4 Å². The number of para-hydroxylation sites is 1. The van der Waals surface area contributed by atoms with Gasteiger partial charge in [0.2, 0.25) is 0 Å². The first kappa shape index (κ1) is 17.6. The van der Waals surface area contributed by atoms with Crippen molar-refractivity contribution in [3.8, 4) is 0 Å². The van der Waals surface area contributed by atoms with Gasteiger partial charge in [0.25, 0.3) is 0 Å². The molecular weight excluding hydrogens is 368 g/mol. The molecule has 0 N–H and O–H groups in total. The molecule has 28 heavy (non-hydrogen) atoms. The van der Waals surface area contributed by atoms with Crippen molar-refractivity contribution < 1.29 is 0 Å². The molecule has 4 aromatic rings. The molecule has 0 amide bonds. The van der Waals surface area contributed by atoms with Crippen molar-refractivity contribution in [3.63, 3.8) is 0 Å². The van der Waals surface area contributed by atoms with Gasteiger partial charge in [0, 0.05) is 6.54 Å². The lowest BCUT2D eigenvalue weighted by Gasteiger charge is -2.25. The van der Waals surface area contributed by atoms with E-state index in [0.717, 1.165) is 47.6 Å². The van der Waals surface area contributed by atoms with Gasteiger partial charge in [0.1, 0.15) is 16.6 Å². The fraction of sp³-hybridized carbons (Fsp3) is 0.429. The van der Waals surface area contributed by atoms with Crippen LogP contribution in [0.3, 0.4) is 0 Å². The second kappa shape index (κ2) is 6.24. The van der Waals surface area contributed by atoms with Gasteiger partial charge in [-0.3, -0.25) is 0 Å². The van der Waals surface area contributed by atoms with Gasteiger partial charge in [0.05, 0.1) is 33.4 Å². The SMILES string of the molecule is Cc1nc(N2CCC[C@@H]2c2nc3ccccc3s2)c2cnn(C(C)(C)C)c2n1. The molecule has 0 unspecified atom stereocenters. The van der Waals surface area contributed by atoms with Gasteiger partial charge in [-0.2, -0.15) is 5.10 Å². The average Bonchev–Trinajstić information content (AvgIpc) is 3.36. The summed E-state index contributed by atoms with van der Waals surface area (Å²) in [6.45, 7) is 9.39. The van der Waals surface area contributed by atoms with E-state index in [0.29, 0.717) is 0 Å². The lowest BCUT2D eigenvalue weighted by atomic mass is 10.1. The molecule has 1 saturated heterocycles. The van der Waals surface area contributed by atoms with Gasteiger partial charge in [-0.15, -0.1) is 11.3 Å². The number of anilines is 1. The number of hydrogen-bond donors (Lipinski definition) is 0. The van der Waals surface area contributed by atoms with Gasteiger partial charge in [-0.25, -0.2) is 19.6 Å². The summed E-state index contributed by atoms with van der Waals surface area (Å²) in [5.74, 6) is 1.77. The maximum atomic E-state index is 4.93. The standard InChI is InChI=1S/C21H24N6S/c1-13-23-18(14-12-22-27(19(14)24-13)21(2,3)4)26-11-7-9-16(26)20-25-15-8-5-6-10-17(15)28-20/h5-6,8,10,12,16H,7,9,11H2,1-4H3/t16-/m1/s1. The number of fused-ring (bicyclic) bond motifs is 2. The molecule has 4 heterocycles. The maximum absolute atomic E-state index is 4.93. The van der Waals surface area contributed by atoms with E-state index in [-0.39, 0.29) is 11.6 Å². The Morgan fingerprint density at radius 3 is 2.71 bits per heavy atom. The zero-order valence-electron chi connectivity index (χ0n) is 16.7. The Balaban J connectivity index is 1.63. The zero-order valence-corrected chi connectivity index (χ0v) is 17.5. The molecule has 0 saturated carbocycles. The Morgan fingerprint density at radius 2 is 1.93 bits per heavy atom. The molecule has 7 heteroatoms. The van der Waals surface area contributed by atoms with Crippen LogP contribution in [0.1, 0.15) is 50.5 Å². The molecule has 0 aliphatic carbocycles. The minimum absolute atomic E-state index is 0.128. The van der Waals surface area contributed by atoms with Crippen LogP contribution in [0.2, 0.25) is 0 Å². The molecule has 1 aliphatic rings. The topological polar surface area (TPSA) is 59.7 Å². The summed E-state index contributed by atoms with van der Waals surface area (Å²) in [5, 5.41) is 6.84. The average molecular weight is 393 g/mol. The Bertz CT molecular complexity index is 1140.